The highest BCUT2D eigenvalue weighted by molar-refractivity contribution is 5.97. The Kier molecular flexibility index (Phi) is 4.19. The molecule has 0 spiro atoms. The van der Waals surface area contributed by atoms with Crippen molar-refractivity contribution in [2.24, 2.45) is 5.41 Å². The van der Waals surface area contributed by atoms with Crippen LogP contribution in [-0.4, -0.2) is 23.0 Å². The standard InChI is InChI=1S/C14H20N2O3/c1-8-7-9(5-6-10(8)15)12(17)16-11(13(18)19)14(2,3)4/h5-7,11H,15H2,1-4H3,(H,16,17)(H,18,19)/t11-/m0/s1. The summed E-state index contributed by atoms with van der Waals surface area (Å²) in [7, 11) is 0. The molecule has 1 amide bonds. The van der Waals surface area contributed by atoms with Gasteiger partial charge in [-0.05, 0) is 36.1 Å². The second kappa shape index (κ2) is 5.30. The van der Waals surface area contributed by atoms with E-state index in [1.807, 2.05) is 0 Å². The molecule has 1 atom stereocenters. The van der Waals surface area contributed by atoms with Crippen molar-refractivity contribution in [3.63, 3.8) is 0 Å². The van der Waals surface area contributed by atoms with Crippen molar-refractivity contribution in [1.29, 1.82) is 0 Å². The third-order valence-electron chi connectivity index (χ3n) is 2.92. The maximum absolute atomic E-state index is 12.1. The first-order valence-corrected chi connectivity index (χ1v) is 6.02. The van der Waals surface area contributed by atoms with Crippen molar-refractivity contribution in [2.75, 3.05) is 5.73 Å². The van der Waals surface area contributed by atoms with Crippen LogP contribution in [0.4, 0.5) is 5.69 Å². The quantitative estimate of drug-likeness (QED) is 0.726. The van der Waals surface area contributed by atoms with Crippen molar-refractivity contribution in [2.45, 2.75) is 33.7 Å². The van der Waals surface area contributed by atoms with Crippen LogP contribution < -0.4 is 11.1 Å². The molecule has 0 fully saturated rings. The Balaban J connectivity index is 2.94. The average molecular weight is 264 g/mol. The van der Waals surface area contributed by atoms with Crippen LogP contribution in [0.25, 0.3) is 0 Å². The van der Waals surface area contributed by atoms with Gasteiger partial charge in [-0.1, -0.05) is 20.8 Å². The van der Waals surface area contributed by atoms with Gasteiger partial charge in [0.15, 0.2) is 0 Å². The van der Waals surface area contributed by atoms with Crippen molar-refractivity contribution >= 4 is 17.6 Å². The molecular weight excluding hydrogens is 244 g/mol. The number of aliphatic carboxylic acids is 1. The number of nitrogens with one attached hydrogen (secondary N) is 1. The van der Waals surface area contributed by atoms with Gasteiger partial charge in [-0.15, -0.1) is 0 Å². The molecule has 104 valence electrons. The van der Waals surface area contributed by atoms with Crippen LogP contribution in [0.15, 0.2) is 18.2 Å². The molecule has 0 saturated heterocycles. The molecule has 0 aliphatic carbocycles. The fourth-order valence-corrected chi connectivity index (χ4v) is 1.68. The van der Waals surface area contributed by atoms with Crippen LogP contribution in [0.5, 0.6) is 0 Å². The lowest BCUT2D eigenvalue weighted by molar-refractivity contribution is -0.142. The number of aryl methyl sites for hydroxylation is 1. The molecule has 0 aromatic heterocycles. The lowest BCUT2D eigenvalue weighted by Gasteiger charge is -2.27. The molecule has 1 rings (SSSR count). The van der Waals surface area contributed by atoms with E-state index in [1.165, 1.54) is 0 Å². The Morgan fingerprint density at radius 3 is 2.32 bits per heavy atom. The third-order valence-corrected chi connectivity index (χ3v) is 2.92. The van der Waals surface area contributed by atoms with Gasteiger partial charge in [0, 0.05) is 11.3 Å². The maximum atomic E-state index is 12.1. The predicted molar refractivity (Wildman–Crippen MR) is 73.9 cm³/mol. The van der Waals surface area contributed by atoms with Crippen LogP contribution in [0.1, 0.15) is 36.7 Å². The lowest BCUT2D eigenvalue weighted by Crippen LogP contribution is -2.49. The minimum Gasteiger partial charge on any atom is -0.480 e. The first kappa shape index (κ1) is 15.0. The first-order chi connectivity index (χ1) is 8.62. The van der Waals surface area contributed by atoms with Gasteiger partial charge in [-0.2, -0.15) is 0 Å². The Hall–Kier alpha value is -2.04. The third kappa shape index (κ3) is 3.71. The SMILES string of the molecule is Cc1cc(C(=O)N[C@@H](C(=O)O)C(C)(C)C)ccc1N. The number of hydrogen-bond acceptors (Lipinski definition) is 3. The van der Waals surface area contributed by atoms with Gasteiger partial charge >= 0.3 is 5.97 Å². The second-order valence-electron chi connectivity index (χ2n) is 5.68. The summed E-state index contributed by atoms with van der Waals surface area (Å²) in [6.45, 7) is 7.09. The normalized spacial score (nSPS) is 12.8. The van der Waals surface area contributed by atoms with E-state index in [2.05, 4.69) is 5.32 Å². The van der Waals surface area contributed by atoms with E-state index in [0.29, 0.717) is 11.3 Å². The van der Waals surface area contributed by atoms with Gasteiger partial charge in [-0.3, -0.25) is 4.79 Å². The number of carboxylic acid groups (broad SMARTS) is 1. The van der Waals surface area contributed by atoms with E-state index in [4.69, 9.17) is 10.8 Å². The lowest BCUT2D eigenvalue weighted by atomic mass is 9.86. The summed E-state index contributed by atoms with van der Waals surface area (Å²) in [6, 6.07) is 3.92. The predicted octanol–water partition coefficient (Wildman–Crippen LogP) is 1.81. The summed E-state index contributed by atoms with van der Waals surface area (Å²) in [6.07, 6.45) is 0. The number of carboxylic acids is 1. The molecule has 0 bridgehead atoms. The minimum atomic E-state index is -1.05. The highest BCUT2D eigenvalue weighted by Crippen LogP contribution is 2.20. The summed E-state index contributed by atoms with van der Waals surface area (Å²) in [5, 5.41) is 11.7. The number of amides is 1. The van der Waals surface area contributed by atoms with Crippen molar-refractivity contribution < 1.29 is 14.7 Å². The molecule has 19 heavy (non-hydrogen) atoms. The van der Waals surface area contributed by atoms with Gasteiger partial charge in [0.05, 0.1) is 0 Å². The number of nitrogens with two attached hydrogens (primary N) is 1. The Labute approximate surface area is 112 Å². The highest BCUT2D eigenvalue weighted by atomic mass is 16.4. The van der Waals surface area contributed by atoms with E-state index in [1.54, 1.807) is 45.9 Å². The zero-order chi connectivity index (χ0) is 14.8. The molecule has 0 aliphatic heterocycles. The summed E-state index contributed by atoms with van der Waals surface area (Å²) in [5.74, 6) is -1.46. The Morgan fingerprint density at radius 2 is 1.89 bits per heavy atom. The summed E-state index contributed by atoms with van der Waals surface area (Å²) < 4.78 is 0. The van der Waals surface area contributed by atoms with E-state index < -0.39 is 23.3 Å². The molecule has 0 heterocycles. The molecule has 5 heteroatoms. The van der Waals surface area contributed by atoms with E-state index >= 15 is 0 Å². The monoisotopic (exact) mass is 264 g/mol. The second-order valence-corrected chi connectivity index (χ2v) is 5.68. The molecule has 0 radical (unpaired) electrons. The van der Waals surface area contributed by atoms with Crippen LogP contribution in [0.3, 0.4) is 0 Å². The number of benzene rings is 1. The summed E-state index contributed by atoms with van der Waals surface area (Å²) in [5.41, 5.74) is 6.91. The molecule has 0 aliphatic rings. The van der Waals surface area contributed by atoms with Crippen LogP contribution in [0, 0.1) is 12.3 Å². The minimum absolute atomic E-state index is 0.405. The highest BCUT2D eigenvalue weighted by Gasteiger charge is 2.32. The van der Waals surface area contributed by atoms with Crippen molar-refractivity contribution in [3.8, 4) is 0 Å². The molecule has 0 saturated carbocycles. The largest absolute Gasteiger partial charge is 0.480 e. The fourth-order valence-electron chi connectivity index (χ4n) is 1.68. The number of nitrogen functional groups attached to an aromatic ring is 1. The number of rotatable bonds is 3. The Morgan fingerprint density at radius 1 is 1.32 bits per heavy atom. The smallest absolute Gasteiger partial charge is 0.326 e. The fraction of sp³-hybridized carbons (Fsp3) is 0.429. The topological polar surface area (TPSA) is 92.4 Å². The number of carbonyl (C=O) groups excluding carboxylic acids is 1. The molecule has 0 unspecified atom stereocenters. The maximum Gasteiger partial charge on any atom is 0.326 e. The molecular formula is C14H20N2O3. The summed E-state index contributed by atoms with van der Waals surface area (Å²) in [4.78, 5) is 23.3. The first-order valence-electron chi connectivity index (χ1n) is 6.02. The number of anilines is 1. The van der Waals surface area contributed by atoms with Crippen molar-refractivity contribution in [3.05, 3.63) is 29.3 Å². The zero-order valence-electron chi connectivity index (χ0n) is 11.7. The van der Waals surface area contributed by atoms with Gasteiger partial charge in [0.25, 0.3) is 5.91 Å². The van der Waals surface area contributed by atoms with Crippen LogP contribution in [-0.2, 0) is 4.79 Å². The number of hydrogen-bond donors (Lipinski definition) is 3. The van der Waals surface area contributed by atoms with E-state index in [9.17, 15) is 9.59 Å². The number of carbonyl (C=O) groups is 2. The molecule has 4 N–H and O–H groups in total. The Bertz CT molecular complexity index is 504. The van der Waals surface area contributed by atoms with E-state index in [-0.39, 0.29) is 0 Å². The van der Waals surface area contributed by atoms with Gasteiger partial charge < -0.3 is 16.2 Å². The van der Waals surface area contributed by atoms with Crippen molar-refractivity contribution in [1.82, 2.24) is 5.32 Å². The molecule has 1 aromatic rings. The van der Waals surface area contributed by atoms with Crippen LogP contribution in [0.2, 0.25) is 0 Å². The van der Waals surface area contributed by atoms with Gasteiger partial charge in [0.1, 0.15) is 6.04 Å². The molecule has 5 nitrogen and oxygen atoms in total. The van der Waals surface area contributed by atoms with E-state index in [0.717, 1.165) is 5.56 Å². The van der Waals surface area contributed by atoms with Crippen LogP contribution >= 0.6 is 0 Å². The zero-order valence-corrected chi connectivity index (χ0v) is 11.7. The average Bonchev–Trinajstić information content (AvgIpc) is 2.27. The van der Waals surface area contributed by atoms with Gasteiger partial charge in [-0.25, -0.2) is 4.79 Å². The molecule has 1 aromatic carbocycles. The summed E-state index contributed by atoms with van der Waals surface area (Å²) >= 11 is 0. The van der Waals surface area contributed by atoms with Gasteiger partial charge in [0.2, 0.25) is 0 Å².